The van der Waals surface area contributed by atoms with Gasteiger partial charge in [-0.05, 0) is 25.7 Å². The van der Waals surface area contributed by atoms with Crippen LogP contribution in [0.4, 0.5) is 0 Å². The molecule has 1 saturated heterocycles. The van der Waals surface area contributed by atoms with E-state index in [0.29, 0.717) is 35.9 Å². The Balaban J connectivity index is 2.08. The highest BCUT2D eigenvalue weighted by Gasteiger charge is 2.34. The molecule has 1 aromatic heterocycles. The Kier molecular flexibility index (Phi) is 5.76. The van der Waals surface area contributed by atoms with Gasteiger partial charge in [0.2, 0.25) is 5.91 Å². The van der Waals surface area contributed by atoms with Crippen LogP contribution in [0.25, 0.3) is 0 Å². The van der Waals surface area contributed by atoms with Gasteiger partial charge < -0.3 is 15.6 Å². The minimum absolute atomic E-state index is 0.0146. The number of nitrogens with two attached hydrogens (primary N) is 1. The number of rotatable bonds is 7. The lowest BCUT2D eigenvalue weighted by atomic mass is 9.98. The Morgan fingerprint density at radius 3 is 2.74 bits per heavy atom. The topological polar surface area (TPSA) is 101 Å². The predicted octanol–water partition coefficient (Wildman–Crippen LogP) is 0.861. The minimum Gasteiger partial charge on any atom is -0.369 e. The Morgan fingerprint density at radius 2 is 2.13 bits per heavy atom. The van der Waals surface area contributed by atoms with E-state index in [1.165, 1.54) is 0 Å². The highest BCUT2D eigenvalue weighted by molar-refractivity contribution is 5.96. The minimum atomic E-state index is -0.338. The molecule has 7 heteroatoms. The molecule has 1 aliphatic rings. The van der Waals surface area contributed by atoms with Crippen LogP contribution in [0, 0.1) is 12.8 Å². The molecule has 2 atom stereocenters. The summed E-state index contributed by atoms with van der Waals surface area (Å²) in [6.45, 7) is 7.47. The molecule has 0 bridgehead atoms. The van der Waals surface area contributed by atoms with Gasteiger partial charge in [-0.15, -0.1) is 0 Å². The number of hydrogen-bond acceptors (Lipinski definition) is 5. The maximum atomic E-state index is 12.6. The molecule has 2 amide bonds. The number of carbonyl (C=O) groups is 2. The van der Waals surface area contributed by atoms with Crippen LogP contribution in [-0.2, 0) is 11.2 Å². The molecule has 23 heavy (non-hydrogen) atoms. The first kappa shape index (κ1) is 17.5. The third kappa shape index (κ3) is 4.10. The average Bonchev–Trinajstić information content (AvgIpc) is 3.02. The number of nitrogens with one attached hydrogen (secondary N) is 1. The van der Waals surface area contributed by atoms with Gasteiger partial charge in [0.1, 0.15) is 11.3 Å². The number of primary amides is 1. The number of nitrogens with zero attached hydrogens (tertiary/aromatic N) is 2. The number of carbonyl (C=O) groups excluding carboxylic acids is 2. The van der Waals surface area contributed by atoms with Crippen LogP contribution in [0.2, 0.25) is 0 Å². The molecule has 2 rings (SSSR count). The van der Waals surface area contributed by atoms with Crippen molar-refractivity contribution in [1.82, 2.24) is 15.4 Å². The second-order valence-electron chi connectivity index (χ2n) is 6.20. The normalized spacial score (nSPS) is 21.5. The molecule has 1 aromatic rings. The lowest BCUT2D eigenvalue weighted by Crippen LogP contribution is -2.41. The van der Waals surface area contributed by atoms with E-state index in [2.05, 4.69) is 17.4 Å². The van der Waals surface area contributed by atoms with Crippen LogP contribution in [0.3, 0.4) is 0 Å². The van der Waals surface area contributed by atoms with Gasteiger partial charge in [0.25, 0.3) is 5.91 Å². The molecule has 0 radical (unpaired) electrons. The summed E-state index contributed by atoms with van der Waals surface area (Å²) in [6, 6.07) is 0.0146. The molecule has 0 spiro atoms. The Morgan fingerprint density at radius 1 is 1.39 bits per heavy atom. The Labute approximate surface area is 136 Å². The van der Waals surface area contributed by atoms with Crippen molar-refractivity contribution in [3.05, 3.63) is 17.0 Å². The summed E-state index contributed by atoms with van der Waals surface area (Å²) in [6.07, 6.45) is 2.69. The second-order valence-corrected chi connectivity index (χ2v) is 6.20. The van der Waals surface area contributed by atoms with Crippen molar-refractivity contribution >= 4 is 11.8 Å². The van der Waals surface area contributed by atoms with Gasteiger partial charge in [0.15, 0.2) is 0 Å². The highest BCUT2D eigenvalue weighted by Crippen LogP contribution is 2.23. The van der Waals surface area contributed by atoms with Crippen LogP contribution >= 0.6 is 0 Å². The predicted molar refractivity (Wildman–Crippen MR) is 85.9 cm³/mol. The number of hydrogen-bond donors (Lipinski definition) is 2. The van der Waals surface area contributed by atoms with Crippen molar-refractivity contribution in [2.45, 2.75) is 46.1 Å². The lowest BCUT2D eigenvalue weighted by Gasteiger charge is -2.19. The van der Waals surface area contributed by atoms with Crippen LogP contribution < -0.4 is 11.1 Å². The smallest absolute Gasteiger partial charge is 0.257 e. The number of aromatic nitrogens is 1. The van der Waals surface area contributed by atoms with Gasteiger partial charge in [-0.25, -0.2) is 0 Å². The number of amides is 2. The third-order valence-electron chi connectivity index (χ3n) is 4.37. The molecule has 7 nitrogen and oxygen atoms in total. The molecule has 1 aliphatic heterocycles. The first-order valence-corrected chi connectivity index (χ1v) is 8.22. The summed E-state index contributed by atoms with van der Waals surface area (Å²) in [4.78, 5) is 25.8. The van der Waals surface area contributed by atoms with E-state index in [0.717, 1.165) is 19.4 Å². The number of aryl methyl sites for hydroxylation is 2. The zero-order valence-electron chi connectivity index (χ0n) is 14.1. The van der Waals surface area contributed by atoms with Gasteiger partial charge in [0.05, 0.1) is 12.2 Å². The molecule has 0 unspecified atom stereocenters. The van der Waals surface area contributed by atoms with Gasteiger partial charge in [-0.3, -0.25) is 14.5 Å². The van der Waals surface area contributed by atoms with Crippen molar-refractivity contribution in [3.63, 3.8) is 0 Å². The van der Waals surface area contributed by atoms with Gasteiger partial charge >= 0.3 is 0 Å². The van der Waals surface area contributed by atoms with Crippen LogP contribution in [0.15, 0.2) is 4.52 Å². The summed E-state index contributed by atoms with van der Waals surface area (Å²) >= 11 is 0. The fourth-order valence-corrected chi connectivity index (χ4v) is 3.33. The summed E-state index contributed by atoms with van der Waals surface area (Å²) in [7, 11) is 0. The standard InChI is InChI=1S/C16H26N4O3/c1-4-6-11-7-20(9-14(17)21)8-13(11)18-16(22)15-10(3)23-19-12(15)5-2/h11,13H,4-9H2,1-3H3,(H2,17,21)(H,18,22)/t11-,13-/m1/s1. The van der Waals surface area contributed by atoms with Crippen molar-refractivity contribution in [1.29, 1.82) is 0 Å². The molecule has 128 valence electrons. The fourth-order valence-electron chi connectivity index (χ4n) is 3.33. The molecule has 0 saturated carbocycles. The molecule has 3 N–H and O–H groups in total. The van der Waals surface area contributed by atoms with Gasteiger partial charge in [-0.2, -0.15) is 0 Å². The van der Waals surface area contributed by atoms with E-state index in [1.54, 1.807) is 6.92 Å². The zero-order chi connectivity index (χ0) is 17.0. The molecule has 0 aliphatic carbocycles. The van der Waals surface area contributed by atoms with E-state index >= 15 is 0 Å². The largest absolute Gasteiger partial charge is 0.369 e. The monoisotopic (exact) mass is 322 g/mol. The van der Waals surface area contributed by atoms with Crippen LogP contribution in [0.1, 0.15) is 48.5 Å². The summed E-state index contributed by atoms with van der Waals surface area (Å²) in [5.74, 6) is 0.384. The van der Waals surface area contributed by atoms with E-state index in [4.69, 9.17) is 10.3 Å². The first-order valence-electron chi connectivity index (χ1n) is 8.22. The third-order valence-corrected chi connectivity index (χ3v) is 4.37. The zero-order valence-corrected chi connectivity index (χ0v) is 14.1. The molecule has 2 heterocycles. The first-order chi connectivity index (χ1) is 11.0. The second kappa shape index (κ2) is 7.59. The van der Waals surface area contributed by atoms with Crippen molar-refractivity contribution in [3.8, 4) is 0 Å². The molecular weight excluding hydrogens is 296 g/mol. The maximum Gasteiger partial charge on any atom is 0.257 e. The lowest BCUT2D eigenvalue weighted by molar-refractivity contribution is -0.118. The Hall–Kier alpha value is -1.89. The maximum absolute atomic E-state index is 12.6. The highest BCUT2D eigenvalue weighted by atomic mass is 16.5. The van der Waals surface area contributed by atoms with Crippen LogP contribution in [-0.4, -0.2) is 47.5 Å². The van der Waals surface area contributed by atoms with E-state index in [1.807, 2.05) is 11.8 Å². The molecular formula is C16H26N4O3. The fraction of sp³-hybridized carbons (Fsp3) is 0.688. The SMILES string of the molecule is CCC[C@@H]1CN(CC(N)=O)C[C@H]1NC(=O)c1c(CC)noc1C. The molecule has 0 aromatic carbocycles. The summed E-state index contributed by atoms with van der Waals surface area (Å²) < 4.78 is 5.14. The van der Waals surface area contributed by atoms with E-state index in [9.17, 15) is 9.59 Å². The quantitative estimate of drug-likeness (QED) is 0.775. The van der Waals surface area contributed by atoms with Crippen molar-refractivity contribution in [2.75, 3.05) is 19.6 Å². The number of likely N-dealkylation sites (tertiary alicyclic amines) is 1. The van der Waals surface area contributed by atoms with E-state index in [-0.39, 0.29) is 24.4 Å². The Bertz CT molecular complexity index is 570. The van der Waals surface area contributed by atoms with Crippen molar-refractivity contribution < 1.29 is 14.1 Å². The average molecular weight is 322 g/mol. The van der Waals surface area contributed by atoms with E-state index < -0.39 is 0 Å². The van der Waals surface area contributed by atoms with Crippen molar-refractivity contribution in [2.24, 2.45) is 11.7 Å². The summed E-state index contributed by atoms with van der Waals surface area (Å²) in [5, 5.41) is 7.03. The molecule has 1 fully saturated rings. The van der Waals surface area contributed by atoms with Crippen LogP contribution in [0.5, 0.6) is 0 Å². The summed E-state index contributed by atoms with van der Waals surface area (Å²) in [5.41, 5.74) is 6.50. The van der Waals surface area contributed by atoms with Gasteiger partial charge in [-0.1, -0.05) is 25.4 Å². The van der Waals surface area contributed by atoms with Gasteiger partial charge in [0, 0.05) is 19.1 Å².